The minimum atomic E-state index is 0.110. The van der Waals surface area contributed by atoms with Crippen LogP contribution in [-0.4, -0.2) is 6.54 Å². The minimum Gasteiger partial charge on any atom is -0.459 e. The molecule has 0 radical (unpaired) electrons. The summed E-state index contributed by atoms with van der Waals surface area (Å²) in [5.41, 5.74) is 3.62. The molecule has 1 unspecified atom stereocenters. The Bertz CT molecular complexity index is 696. The molecule has 0 bridgehead atoms. The maximum absolute atomic E-state index is 6.07. The molecule has 0 amide bonds. The summed E-state index contributed by atoms with van der Waals surface area (Å²) in [4.78, 5) is 0. The molecule has 0 saturated carbocycles. The first-order valence-electron chi connectivity index (χ1n) is 7.63. The largest absolute Gasteiger partial charge is 0.459 e. The number of rotatable bonds is 5. The van der Waals surface area contributed by atoms with Crippen molar-refractivity contribution in [1.82, 2.24) is 5.32 Å². The molecule has 1 N–H and O–H groups in total. The van der Waals surface area contributed by atoms with Crippen LogP contribution in [0.1, 0.15) is 36.8 Å². The van der Waals surface area contributed by atoms with Crippen LogP contribution in [0.3, 0.4) is 0 Å². The number of hydrogen-bond acceptors (Lipinski definition) is 2. The van der Waals surface area contributed by atoms with E-state index in [9.17, 15) is 0 Å². The van der Waals surface area contributed by atoms with Gasteiger partial charge in [0.15, 0.2) is 0 Å². The van der Waals surface area contributed by atoms with Crippen molar-refractivity contribution in [2.45, 2.75) is 26.3 Å². The maximum atomic E-state index is 6.07. The van der Waals surface area contributed by atoms with Crippen LogP contribution in [0.5, 0.6) is 0 Å². The van der Waals surface area contributed by atoms with Crippen LogP contribution in [0.15, 0.2) is 59.0 Å². The van der Waals surface area contributed by atoms with E-state index in [0.717, 1.165) is 29.7 Å². The highest BCUT2D eigenvalue weighted by atomic mass is 16.3. The van der Waals surface area contributed by atoms with Crippen molar-refractivity contribution in [3.8, 4) is 0 Å². The van der Waals surface area contributed by atoms with Gasteiger partial charge in [0, 0.05) is 5.39 Å². The molecule has 21 heavy (non-hydrogen) atoms. The highest BCUT2D eigenvalue weighted by Gasteiger charge is 2.19. The van der Waals surface area contributed by atoms with Crippen molar-refractivity contribution in [2.75, 3.05) is 6.54 Å². The number of nitrogens with one attached hydrogen (secondary N) is 1. The van der Waals surface area contributed by atoms with Gasteiger partial charge in [-0.1, -0.05) is 56.3 Å². The number of para-hydroxylation sites is 1. The van der Waals surface area contributed by atoms with E-state index in [1.165, 1.54) is 11.1 Å². The van der Waals surface area contributed by atoms with Gasteiger partial charge in [0.25, 0.3) is 0 Å². The van der Waals surface area contributed by atoms with Crippen LogP contribution in [0.2, 0.25) is 0 Å². The molecule has 0 aliphatic heterocycles. The van der Waals surface area contributed by atoms with Crippen LogP contribution in [0.4, 0.5) is 0 Å². The summed E-state index contributed by atoms with van der Waals surface area (Å²) in [7, 11) is 0. The SMILES string of the molecule is CCNC(c1cc2ccccc2o1)c1ccccc1CC. The van der Waals surface area contributed by atoms with Crippen molar-refractivity contribution in [3.63, 3.8) is 0 Å². The summed E-state index contributed by atoms with van der Waals surface area (Å²) in [5, 5.41) is 4.71. The Morgan fingerprint density at radius 3 is 2.52 bits per heavy atom. The van der Waals surface area contributed by atoms with Gasteiger partial charge in [-0.25, -0.2) is 0 Å². The van der Waals surface area contributed by atoms with Gasteiger partial charge in [-0.3, -0.25) is 0 Å². The van der Waals surface area contributed by atoms with E-state index >= 15 is 0 Å². The molecular formula is C19H21NO. The maximum Gasteiger partial charge on any atom is 0.134 e. The molecule has 2 nitrogen and oxygen atoms in total. The van der Waals surface area contributed by atoms with E-state index in [2.05, 4.69) is 55.6 Å². The summed E-state index contributed by atoms with van der Waals surface area (Å²) < 4.78 is 6.07. The average Bonchev–Trinajstić information content (AvgIpc) is 2.96. The zero-order chi connectivity index (χ0) is 14.7. The van der Waals surface area contributed by atoms with Gasteiger partial charge in [-0.2, -0.15) is 0 Å². The third-order valence-electron chi connectivity index (χ3n) is 3.88. The molecule has 108 valence electrons. The fourth-order valence-electron chi connectivity index (χ4n) is 2.85. The smallest absolute Gasteiger partial charge is 0.134 e. The second-order valence-electron chi connectivity index (χ2n) is 5.23. The van der Waals surface area contributed by atoms with Crippen LogP contribution < -0.4 is 5.32 Å². The van der Waals surface area contributed by atoms with E-state index in [1.807, 2.05) is 18.2 Å². The predicted molar refractivity (Wildman–Crippen MR) is 87.6 cm³/mol. The quantitative estimate of drug-likeness (QED) is 0.732. The Morgan fingerprint density at radius 2 is 1.76 bits per heavy atom. The monoisotopic (exact) mass is 279 g/mol. The third-order valence-corrected chi connectivity index (χ3v) is 3.88. The van der Waals surface area contributed by atoms with Crippen molar-refractivity contribution >= 4 is 11.0 Å². The van der Waals surface area contributed by atoms with Crippen LogP contribution in [0, 0.1) is 0 Å². The van der Waals surface area contributed by atoms with Gasteiger partial charge in [0.05, 0.1) is 6.04 Å². The molecule has 1 atom stereocenters. The molecule has 0 fully saturated rings. The topological polar surface area (TPSA) is 25.2 Å². The molecule has 0 spiro atoms. The van der Waals surface area contributed by atoms with Crippen molar-refractivity contribution in [1.29, 1.82) is 0 Å². The lowest BCUT2D eigenvalue weighted by molar-refractivity contribution is 0.475. The summed E-state index contributed by atoms with van der Waals surface area (Å²) in [5.74, 6) is 0.985. The fourth-order valence-corrected chi connectivity index (χ4v) is 2.85. The Kier molecular flexibility index (Phi) is 4.07. The van der Waals surface area contributed by atoms with E-state index in [4.69, 9.17) is 4.42 Å². The lowest BCUT2D eigenvalue weighted by Crippen LogP contribution is -2.22. The average molecular weight is 279 g/mol. The molecular weight excluding hydrogens is 258 g/mol. The van der Waals surface area contributed by atoms with Crippen molar-refractivity contribution in [3.05, 3.63) is 71.5 Å². The second-order valence-corrected chi connectivity index (χ2v) is 5.23. The molecule has 2 heteroatoms. The second kappa shape index (κ2) is 6.15. The number of hydrogen-bond donors (Lipinski definition) is 1. The van der Waals surface area contributed by atoms with E-state index < -0.39 is 0 Å². The lowest BCUT2D eigenvalue weighted by Gasteiger charge is -2.19. The van der Waals surface area contributed by atoms with Gasteiger partial charge < -0.3 is 9.73 Å². The summed E-state index contributed by atoms with van der Waals surface area (Å²) in [6.45, 7) is 5.23. The fraction of sp³-hybridized carbons (Fsp3) is 0.263. The molecule has 2 aromatic carbocycles. The van der Waals surface area contributed by atoms with Gasteiger partial charge in [-0.05, 0) is 36.2 Å². The van der Waals surface area contributed by atoms with Crippen molar-refractivity contribution < 1.29 is 4.42 Å². The van der Waals surface area contributed by atoms with Crippen LogP contribution in [-0.2, 0) is 6.42 Å². The summed E-state index contributed by atoms with van der Waals surface area (Å²) in [6, 6.07) is 19.0. The summed E-state index contributed by atoms with van der Waals surface area (Å²) >= 11 is 0. The molecule has 0 aliphatic rings. The highest BCUT2D eigenvalue weighted by molar-refractivity contribution is 5.78. The van der Waals surface area contributed by atoms with Crippen LogP contribution >= 0.6 is 0 Å². The van der Waals surface area contributed by atoms with Crippen LogP contribution in [0.25, 0.3) is 11.0 Å². The first kappa shape index (κ1) is 13.9. The predicted octanol–water partition coefficient (Wildman–Crippen LogP) is 4.69. The molecule has 1 aromatic heterocycles. The van der Waals surface area contributed by atoms with Crippen molar-refractivity contribution in [2.24, 2.45) is 0 Å². The van der Waals surface area contributed by atoms with Gasteiger partial charge in [0.2, 0.25) is 0 Å². The Morgan fingerprint density at radius 1 is 1.00 bits per heavy atom. The zero-order valence-electron chi connectivity index (χ0n) is 12.6. The normalized spacial score (nSPS) is 12.7. The van der Waals surface area contributed by atoms with E-state index in [-0.39, 0.29) is 6.04 Å². The first-order chi connectivity index (χ1) is 10.3. The Labute approximate surface area is 125 Å². The molecule has 0 saturated heterocycles. The first-order valence-corrected chi connectivity index (χ1v) is 7.63. The Balaban J connectivity index is 2.08. The number of furan rings is 1. The standard InChI is InChI=1S/C19H21NO/c1-3-14-9-5-7-11-16(14)19(20-4-2)18-13-15-10-6-8-12-17(15)21-18/h5-13,19-20H,3-4H2,1-2H3. The molecule has 0 aliphatic carbocycles. The molecule has 1 heterocycles. The van der Waals surface area contributed by atoms with E-state index in [0.29, 0.717) is 0 Å². The number of aryl methyl sites for hydroxylation is 1. The van der Waals surface area contributed by atoms with Gasteiger partial charge in [0.1, 0.15) is 11.3 Å². The minimum absolute atomic E-state index is 0.110. The zero-order valence-corrected chi connectivity index (χ0v) is 12.6. The van der Waals surface area contributed by atoms with Gasteiger partial charge in [-0.15, -0.1) is 0 Å². The number of benzene rings is 2. The third kappa shape index (κ3) is 2.72. The van der Waals surface area contributed by atoms with Gasteiger partial charge >= 0.3 is 0 Å². The van der Waals surface area contributed by atoms with E-state index in [1.54, 1.807) is 0 Å². The molecule has 3 rings (SSSR count). The number of fused-ring (bicyclic) bond motifs is 1. The molecule has 3 aromatic rings. The summed E-state index contributed by atoms with van der Waals surface area (Å²) in [6.07, 6.45) is 1.03. The lowest BCUT2D eigenvalue weighted by atomic mass is 9.97. The Hall–Kier alpha value is -2.06. The highest BCUT2D eigenvalue weighted by Crippen LogP contribution is 2.30.